The van der Waals surface area contributed by atoms with Crippen molar-refractivity contribution in [2.45, 2.75) is 0 Å². The Balaban J connectivity index is 1.92. The van der Waals surface area contributed by atoms with E-state index in [0.29, 0.717) is 22.3 Å². The van der Waals surface area contributed by atoms with Gasteiger partial charge in [0, 0.05) is 6.07 Å². The molecule has 1 aliphatic heterocycles. The second kappa shape index (κ2) is 5.35. The van der Waals surface area contributed by atoms with Gasteiger partial charge in [0.15, 0.2) is 18.2 Å². The van der Waals surface area contributed by atoms with Crippen LogP contribution in [0.5, 0.6) is 5.75 Å². The van der Waals surface area contributed by atoms with Gasteiger partial charge in [0.1, 0.15) is 0 Å². The van der Waals surface area contributed by atoms with E-state index >= 15 is 0 Å². The molecule has 5 heteroatoms. The summed E-state index contributed by atoms with van der Waals surface area (Å²) >= 11 is 6.16. The Morgan fingerprint density at radius 3 is 2.85 bits per heavy atom. The van der Waals surface area contributed by atoms with Gasteiger partial charge in [-0.25, -0.2) is 4.98 Å². The van der Waals surface area contributed by atoms with Crippen molar-refractivity contribution in [3.63, 3.8) is 0 Å². The van der Waals surface area contributed by atoms with E-state index in [-0.39, 0.29) is 12.5 Å². The van der Waals surface area contributed by atoms with E-state index in [4.69, 9.17) is 16.3 Å². The smallest absolute Gasteiger partial charge is 0.263 e. The van der Waals surface area contributed by atoms with Gasteiger partial charge in [0.25, 0.3) is 5.91 Å². The summed E-state index contributed by atoms with van der Waals surface area (Å²) in [5.41, 5.74) is 1.63. The fraction of sp³-hybridized carbons (Fsp3) is 0.0667. The Bertz CT molecular complexity index is 684. The average Bonchev–Trinajstić information content (AvgIpc) is 2.46. The van der Waals surface area contributed by atoms with E-state index in [1.807, 2.05) is 36.4 Å². The third kappa shape index (κ3) is 2.65. The van der Waals surface area contributed by atoms with Gasteiger partial charge in [0.2, 0.25) is 0 Å². The molecule has 1 aliphatic rings. The van der Waals surface area contributed by atoms with Crippen LogP contribution in [-0.4, -0.2) is 17.5 Å². The Morgan fingerprint density at radius 2 is 2.05 bits per heavy atom. The molecule has 2 heterocycles. The normalized spacial score (nSPS) is 13.8. The van der Waals surface area contributed by atoms with E-state index in [9.17, 15) is 4.79 Å². The standard InChI is InChI=1S/C15H11ClN2O2/c16-11-8-13-15(18-14(19)9-20-13)17-12(11)7-6-10-4-2-1-3-5-10/h1-8H,9H2,(H,17,18,19)/b7-6+. The Hall–Kier alpha value is -2.33. The Morgan fingerprint density at radius 1 is 1.25 bits per heavy atom. The summed E-state index contributed by atoms with van der Waals surface area (Å²) in [5, 5.41) is 3.14. The number of halogens is 1. The molecule has 0 spiro atoms. The SMILES string of the molecule is O=C1COc2cc(Cl)c(/C=C/c3ccccc3)nc2N1. The number of pyridine rings is 1. The van der Waals surface area contributed by atoms with Crippen LogP contribution >= 0.6 is 11.6 Å². The minimum absolute atomic E-state index is 0.00971. The number of benzene rings is 1. The molecule has 20 heavy (non-hydrogen) atoms. The predicted molar refractivity (Wildman–Crippen MR) is 78.7 cm³/mol. The number of carbonyl (C=O) groups excluding carboxylic acids is 1. The van der Waals surface area contributed by atoms with Crippen molar-refractivity contribution in [2.75, 3.05) is 11.9 Å². The number of fused-ring (bicyclic) bond motifs is 1. The third-order valence-corrected chi connectivity index (χ3v) is 3.12. The number of ether oxygens (including phenoxy) is 1. The number of nitrogens with zero attached hydrogens (tertiary/aromatic N) is 1. The summed E-state index contributed by atoms with van der Waals surface area (Å²) in [6.07, 6.45) is 3.71. The second-order valence-corrected chi connectivity index (χ2v) is 4.69. The zero-order valence-corrected chi connectivity index (χ0v) is 11.2. The lowest BCUT2D eigenvalue weighted by molar-refractivity contribution is -0.118. The van der Waals surface area contributed by atoms with Crippen molar-refractivity contribution in [1.82, 2.24) is 4.98 Å². The van der Waals surface area contributed by atoms with E-state index in [1.165, 1.54) is 0 Å². The fourth-order valence-electron chi connectivity index (χ4n) is 1.85. The molecule has 0 saturated heterocycles. The number of rotatable bonds is 2. The molecule has 3 rings (SSSR count). The van der Waals surface area contributed by atoms with Crippen LogP contribution in [0, 0.1) is 0 Å². The highest BCUT2D eigenvalue weighted by Gasteiger charge is 2.18. The minimum atomic E-state index is -0.217. The molecule has 0 fully saturated rings. The van der Waals surface area contributed by atoms with Crippen LogP contribution in [0.2, 0.25) is 5.02 Å². The molecule has 1 aromatic carbocycles. The molecule has 0 aliphatic carbocycles. The van der Waals surface area contributed by atoms with Crippen molar-refractivity contribution in [2.24, 2.45) is 0 Å². The molecule has 1 amide bonds. The summed E-state index contributed by atoms with van der Waals surface area (Å²) in [7, 11) is 0. The van der Waals surface area contributed by atoms with E-state index in [0.717, 1.165) is 5.56 Å². The van der Waals surface area contributed by atoms with Crippen molar-refractivity contribution >= 4 is 35.5 Å². The average molecular weight is 287 g/mol. The Kier molecular flexibility index (Phi) is 3.39. The van der Waals surface area contributed by atoms with Gasteiger partial charge in [-0.05, 0) is 11.6 Å². The maximum absolute atomic E-state index is 11.3. The number of hydrogen-bond acceptors (Lipinski definition) is 3. The molecule has 0 radical (unpaired) electrons. The first-order valence-electron chi connectivity index (χ1n) is 6.09. The lowest BCUT2D eigenvalue weighted by atomic mass is 10.2. The van der Waals surface area contributed by atoms with Gasteiger partial charge in [0.05, 0.1) is 10.7 Å². The molecular weight excluding hydrogens is 276 g/mol. The first kappa shape index (κ1) is 12.7. The zero-order valence-electron chi connectivity index (χ0n) is 10.5. The summed E-state index contributed by atoms with van der Waals surface area (Å²) < 4.78 is 5.25. The molecule has 0 unspecified atom stereocenters. The first-order chi connectivity index (χ1) is 9.72. The van der Waals surface area contributed by atoms with Gasteiger partial charge in [-0.15, -0.1) is 0 Å². The molecule has 0 bridgehead atoms. The number of amides is 1. The van der Waals surface area contributed by atoms with Crippen LogP contribution in [-0.2, 0) is 4.79 Å². The first-order valence-corrected chi connectivity index (χ1v) is 6.46. The van der Waals surface area contributed by atoms with Crippen LogP contribution in [0.25, 0.3) is 12.2 Å². The monoisotopic (exact) mass is 286 g/mol. The van der Waals surface area contributed by atoms with Gasteiger partial charge in [-0.3, -0.25) is 4.79 Å². The van der Waals surface area contributed by atoms with Gasteiger partial charge >= 0.3 is 0 Å². The topological polar surface area (TPSA) is 51.2 Å². The van der Waals surface area contributed by atoms with Gasteiger partial charge in [-0.1, -0.05) is 48.0 Å². The number of nitrogens with one attached hydrogen (secondary N) is 1. The molecule has 1 aromatic heterocycles. The fourth-order valence-corrected chi connectivity index (χ4v) is 2.06. The molecule has 100 valence electrons. The lowest BCUT2D eigenvalue weighted by Gasteiger charge is -2.17. The predicted octanol–water partition coefficient (Wildman–Crippen LogP) is 3.24. The van der Waals surface area contributed by atoms with Crippen LogP contribution in [0.15, 0.2) is 36.4 Å². The maximum Gasteiger partial charge on any atom is 0.263 e. The Labute approximate surface area is 121 Å². The molecular formula is C15H11ClN2O2. The lowest BCUT2D eigenvalue weighted by Crippen LogP contribution is -2.26. The second-order valence-electron chi connectivity index (χ2n) is 4.28. The zero-order chi connectivity index (χ0) is 13.9. The number of aromatic nitrogens is 1. The van der Waals surface area contributed by atoms with Gasteiger partial charge < -0.3 is 10.1 Å². The highest BCUT2D eigenvalue weighted by molar-refractivity contribution is 6.32. The van der Waals surface area contributed by atoms with Crippen LogP contribution in [0.4, 0.5) is 5.82 Å². The molecule has 1 N–H and O–H groups in total. The van der Waals surface area contributed by atoms with Gasteiger partial charge in [-0.2, -0.15) is 0 Å². The summed E-state index contributed by atoms with van der Waals surface area (Å²) in [6, 6.07) is 11.5. The quantitative estimate of drug-likeness (QED) is 0.922. The number of hydrogen-bond donors (Lipinski definition) is 1. The summed E-state index contributed by atoms with van der Waals surface area (Å²) in [5.74, 6) is 0.676. The molecule has 0 saturated carbocycles. The molecule has 4 nitrogen and oxygen atoms in total. The third-order valence-electron chi connectivity index (χ3n) is 2.82. The number of carbonyl (C=O) groups is 1. The van der Waals surface area contributed by atoms with Crippen LogP contribution in [0.1, 0.15) is 11.3 Å². The van der Waals surface area contributed by atoms with Crippen molar-refractivity contribution in [1.29, 1.82) is 0 Å². The molecule has 0 atom stereocenters. The van der Waals surface area contributed by atoms with E-state index in [1.54, 1.807) is 12.1 Å². The highest BCUT2D eigenvalue weighted by Crippen LogP contribution is 2.31. The summed E-state index contributed by atoms with van der Waals surface area (Å²) in [6.45, 7) is -0.00971. The van der Waals surface area contributed by atoms with Crippen molar-refractivity contribution in [3.05, 3.63) is 52.7 Å². The van der Waals surface area contributed by atoms with Crippen molar-refractivity contribution in [3.8, 4) is 5.75 Å². The molecule has 2 aromatic rings. The van der Waals surface area contributed by atoms with Crippen LogP contribution < -0.4 is 10.1 Å². The van der Waals surface area contributed by atoms with E-state index in [2.05, 4.69) is 10.3 Å². The number of anilines is 1. The minimum Gasteiger partial charge on any atom is -0.480 e. The van der Waals surface area contributed by atoms with E-state index < -0.39 is 0 Å². The maximum atomic E-state index is 11.3. The van der Waals surface area contributed by atoms with Crippen LogP contribution in [0.3, 0.4) is 0 Å². The highest BCUT2D eigenvalue weighted by atomic mass is 35.5. The van der Waals surface area contributed by atoms with Crippen molar-refractivity contribution < 1.29 is 9.53 Å². The summed E-state index contributed by atoms with van der Waals surface area (Å²) in [4.78, 5) is 15.6. The largest absolute Gasteiger partial charge is 0.480 e.